The van der Waals surface area contributed by atoms with Crippen LogP contribution >= 0.6 is 0 Å². The van der Waals surface area contributed by atoms with Gasteiger partial charge in [0.15, 0.2) is 0 Å². The van der Waals surface area contributed by atoms with Crippen LogP contribution in [0.2, 0.25) is 0 Å². The summed E-state index contributed by atoms with van der Waals surface area (Å²) in [5.74, 6) is 0.339. The summed E-state index contributed by atoms with van der Waals surface area (Å²) in [5, 5.41) is 12.3. The smallest absolute Gasteiger partial charge is 0.145 e. The number of halogens is 1. The van der Waals surface area contributed by atoms with E-state index in [0.717, 1.165) is 32.6 Å². The van der Waals surface area contributed by atoms with Gasteiger partial charge in [0.1, 0.15) is 11.9 Å². The van der Waals surface area contributed by atoms with Crippen molar-refractivity contribution in [3.05, 3.63) is 35.1 Å². The molecule has 0 spiro atoms. The highest BCUT2D eigenvalue weighted by Gasteiger charge is 2.18. The molecule has 0 aromatic heterocycles. The predicted octanol–water partition coefficient (Wildman–Crippen LogP) is 2.91. The Morgan fingerprint density at radius 1 is 1.38 bits per heavy atom. The van der Waals surface area contributed by atoms with Crippen molar-refractivity contribution in [3.8, 4) is 6.07 Å². The first kappa shape index (κ1) is 15.9. The van der Waals surface area contributed by atoms with E-state index < -0.39 is 0 Å². The molecule has 0 bridgehead atoms. The van der Waals surface area contributed by atoms with Crippen LogP contribution in [0.5, 0.6) is 0 Å². The van der Waals surface area contributed by atoms with Crippen molar-refractivity contribution in [2.45, 2.75) is 32.7 Å². The Bertz CT molecular complexity index is 489. The monoisotopic (exact) mass is 289 g/mol. The third kappa shape index (κ3) is 4.52. The maximum absolute atomic E-state index is 14.2. The van der Waals surface area contributed by atoms with Crippen molar-refractivity contribution in [2.75, 3.05) is 26.2 Å². The Hall–Kier alpha value is -1.44. The van der Waals surface area contributed by atoms with Gasteiger partial charge in [0.05, 0.1) is 5.56 Å². The lowest BCUT2D eigenvalue weighted by molar-refractivity contribution is 0.197. The summed E-state index contributed by atoms with van der Waals surface area (Å²) in [6.45, 7) is 6.91. The number of nitrogens with zero attached hydrogens (tertiary/aromatic N) is 2. The van der Waals surface area contributed by atoms with E-state index in [-0.39, 0.29) is 11.4 Å². The van der Waals surface area contributed by atoms with Gasteiger partial charge in [-0.1, -0.05) is 19.1 Å². The molecule has 0 aliphatic carbocycles. The summed E-state index contributed by atoms with van der Waals surface area (Å²) >= 11 is 0. The molecule has 0 amide bonds. The lowest BCUT2D eigenvalue weighted by atomic mass is 9.97. The molecule has 1 aliphatic heterocycles. The first-order valence-corrected chi connectivity index (χ1v) is 7.85. The van der Waals surface area contributed by atoms with Gasteiger partial charge in [-0.05, 0) is 50.9 Å². The van der Waals surface area contributed by atoms with Crippen molar-refractivity contribution >= 4 is 0 Å². The fourth-order valence-electron chi connectivity index (χ4n) is 3.01. The number of benzene rings is 1. The molecule has 21 heavy (non-hydrogen) atoms. The molecule has 1 fully saturated rings. The zero-order valence-corrected chi connectivity index (χ0v) is 12.7. The van der Waals surface area contributed by atoms with Gasteiger partial charge in [-0.25, -0.2) is 4.39 Å². The molecule has 0 saturated carbocycles. The van der Waals surface area contributed by atoms with Crippen molar-refractivity contribution < 1.29 is 4.39 Å². The minimum absolute atomic E-state index is 0.144. The number of hydrogen-bond acceptors (Lipinski definition) is 3. The molecule has 1 aliphatic rings. The third-order valence-electron chi connectivity index (χ3n) is 4.11. The second kappa shape index (κ2) is 8.11. The third-order valence-corrected chi connectivity index (χ3v) is 4.11. The van der Waals surface area contributed by atoms with Crippen LogP contribution in [0, 0.1) is 23.1 Å². The maximum Gasteiger partial charge on any atom is 0.145 e. The average molecular weight is 289 g/mol. The SMILES string of the molecule is CCCN(Cc1cccc(C#N)c1F)CC1CCNCC1. The predicted molar refractivity (Wildman–Crippen MR) is 82.3 cm³/mol. The number of rotatable bonds is 6. The number of hydrogen-bond donors (Lipinski definition) is 1. The van der Waals surface area contributed by atoms with Crippen molar-refractivity contribution in [2.24, 2.45) is 5.92 Å². The van der Waals surface area contributed by atoms with Crippen LogP contribution in [0.3, 0.4) is 0 Å². The maximum atomic E-state index is 14.2. The molecule has 1 saturated heterocycles. The molecular weight excluding hydrogens is 265 g/mol. The van der Waals surface area contributed by atoms with E-state index in [1.165, 1.54) is 18.9 Å². The fourth-order valence-corrected chi connectivity index (χ4v) is 3.01. The second-order valence-corrected chi connectivity index (χ2v) is 5.82. The molecule has 0 atom stereocenters. The van der Waals surface area contributed by atoms with Crippen molar-refractivity contribution in [1.82, 2.24) is 10.2 Å². The van der Waals surface area contributed by atoms with Crippen LogP contribution < -0.4 is 5.32 Å². The molecular formula is C17H24FN3. The Balaban J connectivity index is 2.03. The standard InChI is InChI=1S/C17H24FN3/c1-2-10-21(12-14-6-8-20-9-7-14)13-16-5-3-4-15(11-19)17(16)18/h3-5,14,20H,2,6-10,12-13H2,1H3. The first-order valence-electron chi connectivity index (χ1n) is 7.85. The minimum atomic E-state index is -0.355. The van der Waals surface area contributed by atoms with E-state index >= 15 is 0 Å². The molecule has 2 rings (SSSR count). The van der Waals surface area contributed by atoms with Crippen molar-refractivity contribution in [3.63, 3.8) is 0 Å². The van der Waals surface area contributed by atoms with Gasteiger partial charge in [0.2, 0.25) is 0 Å². The first-order chi connectivity index (χ1) is 10.2. The fraction of sp³-hybridized carbons (Fsp3) is 0.588. The highest BCUT2D eigenvalue weighted by molar-refractivity contribution is 5.34. The van der Waals surface area contributed by atoms with Gasteiger partial charge in [-0.2, -0.15) is 5.26 Å². The lowest BCUT2D eigenvalue weighted by Gasteiger charge is -2.30. The van der Waals surface area contributed by atoms with E-state index in [9.17, 15) is 4.39 Å². The largest absolute Gasteiger partial charge is 0.317 e. The normalized spacial score (nSPS) is 16.1. The molecule has 1 aromatic carbocycles. The van der Waals surface area contributed by atoms with Gasteiger partial charge in [-0.3, -0.25) is 4.90 Å². The highest BCUT2D eigenvalue weighted by Crippen LogP contribution is 2.18. The molecule has 4 heteroatoms. The molecule has 114 valence electrons. The van der Waals surface area contributed by atoms with Crippen LogP contribution in [0.25, 0.3) is 0 Å². The average Bonchev–Trinajstić information content (AvgIpc) is 2.50. The summed E-state index contributed by atoms with van der Waals surface area (Å²) in [4.78, 5) is 2.33. The van der Waals surface area contributed by atoms with Crippen LogP contribution in [0.4, 0.5) is 4.39 Å². The Morgan fingerprint density at radius 2 is 2.14 bits per heavy atom. The summed E-state index contributed by atoms with van der Waals surface area (Å²) in [5.41, 5.74) is 0.780. The Kier molecular flexibility index (Phi) is 6.16. The molecule has 1 heterocycles. The van der Waals surface area contributed by atoms with Gasteiger partial charge in [0.25, 0.3) is 0 Å². The van der Waals surface area contributed by atoms with Gasteiger partial charge < -0.3 is 5.32 Å². The molecule has 0 radical (unpaired) electrons. The number of piperidine rings is 1. The lowest BCUT2D eigenvalue weighted by Crippen LogP contribution is -2.36. The molecule has 0 unspecified atom stereocenters. The summed E-state index contributed by atoms with van der Waals surface area (Å²) in [6, 6.07) is 7.02. The van der Waals surface area contributed by atoms with Gasteiger partial charge >= 0.3 is 0 Å². The van der Waals surface area contributed by atoms with Crippen LogP contribution in [0.1, 0.15) is 37.3 Å². The Morgan fingerprint density at radius 3 is 2.81 bits per heavy atom. The van der Waals surface area contributed by atoms with E-state index in [2.05, 4.69) is 17.1 Å². The van der Waals surface area contributed by atoms with Crippen LogP contribution in [0.15, 0.2) is 18.2 Å². The summed E-state index contributed by atoms with van der Waals surface area (Å²) < 4.78 is 14.2. The van der Waals surface area contributed by atoms with Crippen LogP contribution in [-0.4, -0.2) is 31.1 Å². The van der Waals surface area contributed by atoms with E-state index in [1.807, 2.05) is 6.07 Å². The van der Waals surface area contributed by atoms with Crippen molar-refractivity contribution in [1.29, 1.82) is 5.26 Å². The summed E-state index contributed by atoms with van der Waals surface area (Å²) in [6.07, 6.45) is 3.45. The Labute approximate surface area is 126 Å². The highest BCUT2D eigenvalue weighted by atomic mass is 19.1. The van der Waals surface area contributed by atoms with E-state index in [0.29, 0.717) is 18.0 Å². The van der Waals surface area contributed by atoms with E-state index in [4.69, 9.17) is 5.26 Å². The minimum Gasteiger partial charge on any atom is -0.317 e. The number of nitriles is 1. The summed E-state index contributed by atoms with van der Waals surface area (Å²) in [7, 11) is 0. The van der Waals surface area contributed by atoms with E-state index in [1.54, 1.807) is 12.1 Å². The van der Waals surface area contributed by atoms with Gasteiger partial charge in [-0.15, -0.1) is 0 Å². The molecule has 3 nitrogen and oxygen atoms in total. The zero-order valence-electron chi connectivity index (χ0n) is 12.7. The zero-order chi connectivity index (χ0) is 15.1. The molecule has 1 N–H and O–H groups in total. The quantitative estimate of drug-likeness (QED) is 0.875. The molecule has 1 aromatic rings. The topological polar surface area (TPSA) is 39.1 Å². The van der Waals surface area contributed by atoms with Crippen LogP contribution in [-0.2, 0) is 6.54 Å². The van der Waals surface area contributed by atoms with Gasteiger partial charge in [0, 0.05) is 18.7 Å². The second-order valence-electron chi connectivity index (χ2n) is 5.82. The number of nitrogens with one attached hydrogen (secondary N) is 1.